The number of aromatic nitrogens is 2. The fourth-order valence-electron chi connectivity index (χ4n) is 3.20. The standard InChI is InChI=1S/C26H29N3O5/c1-16-17(2)29-21(18(3)28-16)15-34-23-10-7-19(12-25(23)33-5)8-11-26(31)27-14-20-6-9-22(30)24(13-20)32-4/h6-13,30H,14-15H2,1-5H3,(H,27,31)/b11-8+. The zero-order chi connectivity index (χ0) is 24.7. The topological polar surface area (TPSA) is 103 Å². The third-order valence-corrected chi connectivity index (χ3v) is 5.27. The molecular formula is C26H29N3O5. The summed E-state index contributed by atoms with van der Waals surface area (Å²) in [5.41, 5.74) is 4.98. The number of aromatic hydroxyl groups is 1. The first-order valence-corrected chi connectivity index (χ1v) is 10.7. The van der Waals surface area contributed by atoms with E-state index in [4.69, 9.17) is 14.2 Å². The van der Waals surface area contributed by atoms with Crippen LogP contribution in [0.3, 0.4) is 0 Å². The van der Waals surface area contributed by atoms with Crippen molar-refractivity contribution in [1.82, 2.24) is 15.3 Å². The summed E-state index contributed by atoms with van der Waals surface area (Å²) >= 11 is 0. The number of carbonyl (C=O) groups excluding carboxylic acids is 1. The minimum atomic E-state index is -0.255. The van der Waals surface area contributed by atoms with Crippen molar-refractivity contribution in [2.24, 2.45) is 0 Å². The van der Waals surface area contributed by atoms with Crippen molar-refractivity contribution in [2.75, 3.05) is 14.2 Å². The maximum atomic E-state index is 12.2. The molecule has 0 radical (unpaired) electrons. The smallest absolute Gasteiger partial charge is 0.244 e. The van der Waals surface area contributed by atoms with Crippen molar-refractivity contribution in [2.45, 2.75) is 33.9 Å². The molecule has 178 valence electrons. The van der Waals surface area contributed by atoms with Crippen molar-refractivity contribution in [3.8, 4) is 23.0 Å². The number of benzene rings is 2. The molecule has 8 heteroatoms. The lowest BCUT2D eigenvalue weighted by Gasteiger charge is -2.13. The van der Waals surface area contributed by atoms with Crippen molar-refractivity contribution < 1.29 is 24.1 Å². The number of hydrogen-bond donors (Lipinski definition) is 2. The molecule has 0 saturated carbocycles. The first kappa shape index (κ1) is 24.6. The van der Waals surface area contributed by atoms with Crippen LogP contribution in [0.2, 0.25) is 0 Å². The summed E-state index contributed by atoms with van der Waals surface area (Å²) in [6.45, 7) is 6.34. The third-order valence-electron chi connectivity index (χ3n) is 5.27. The van der Waals surface area contributed by atoms with Gasteiger partial charge < -0.3 is 24.6 Å². The molecule has 1 aromatic heterocycles. The first-order chi connectivity index (χ1) is 16.3. The van der Waals surface area contributed by atoms with Gasteiger partial charge in [0.15, 0.2) is 23.0 Å². The summed E-state index contributed by atoms with van der Waals surface area (Å²) in [4.78, 5) is 21.3. The van der Waals surface area contributed by atoms with Crippen LogP contribution in [-0.2, 0) is 17.9 Å². The van der Waals surface area contributed by atoms with Crippen LogP contribution in [0.1, 0.15) is 33.9 Å². The van der Waals surface area contributed by atoms with Crippen molar-refractivity contribution in [3.63, 3.8) is 0 Å². The summed E-state index contributed by atoms with van der Waals surface area (Å²) in [5.74, 6) is 1.28. The monoisotopic (exact) mass is 463 g/mol. The van der Waals surface area contributed by atoms with Gasteiger partial charge in [-0.15, -0.1) is 0 Å². The first-order valence-electron chi connectivity index (χ1n) is 10.7. The molecular weight excluding hydrogens is 434 g/mol. The summed E-state index contributed by atoms with van der Waals surface area (Å²) < 4.78 is 16.5. The van der Waals surface area contributed by atoms with Crippen molar-refractivity contribution in [1.29, 1.82) is 0 Å². The average molecular weight is 464 g/mol. The SMILES string of the molecule is COc1cc(CNC(=O)/C=C/c2ccc(OCc3nc(C)c(C)nc3C)c(OC)c2)ccc1O. The summed E-state index contributed by atoms with van der Waals surface area (Å²) in [7, 11) is 3.04. The van der Waals surface area contributed by atoms with Gasteiger partial charge in [0, 0.05) is 12.6 Å². The highest BCUT2D eigenvalue weighted by molar-refractivity contribution is 5.91. The summed E-state index contributed by atoms with van der Waals surface area (Å²) in [6, 6.07) is 10.3. The second-order valence-corrected chi connectivity index (χ2v) is 7.68. The molecule has 8 nitrogen and oxygen atoms in total. The number of aryl methyl sites for hydroxylation is 3. The Bertz CT molecular complexity index is 1210. The minimum absolute atomic E-state index is 0.0517. The molecule has 2 N–H and O–H groups in total. The van der Waals surface area contributed by atoms with Gasteiger partial charge in [-0.1, -0.05) is 12.1 Å². The molecule has 0 aliphatic rings. The fraction of sp³-hybridized carbons (Fsp3) is 0.269. The molecule has 0 spiro atoms. The second kappa shape index (κ2) is 11.2. The zero-order valence-corrected chi connectivity index (χ0v) is 20.0. The largest absolute Gasteiger partial charge is 0.504 e. The van der Waals surface area contributed by atoms with E-state index >= 15 is 0 Å². The van der Waals surface area contributed by atoms with Gasteiger partial charge in [0.05, 0.1) is 37.0 Å². The van der Waals surface area contributed by atoms with Crippen LogP contribution in [0, 0.1) is 20.8 Å². The van der Waals surface area contributed by atoms with Crippen LogP contribution in [0.4, 0.5) is 0 Å². The van der Waals surface area contributed by atoms with Gasteiger partial charge in [0.2, 0.25) is 5.91 Å². The van der Waals surface area contributed by atoms with Gasteiger partial charge in [0.1, 0.15) is 6.61 Å². The van der Waals surface area contributed by atoms with Gasteiger partial charge in [-0.3, -0.25) is 14.8 Å². The highest BCUT2D eigenvalue weighted by atomic mass is 16.5. The number of nitrogens with one attached hydrogen (secondary N) is 1. The van der Waals surface area contributed by atoms with Crippen LogP contribution in [0.15, 0.2) is 42.5 Å². The lowest BCUT2D eigenvalue weighted by atomic mass is 10.1. The molecule has 0 atom stereocenters. The molecule has 3 rings (SSSR count). The summed E-state index contributed by atoms with van der Waals surface area (Å²) in [5, 5.41) is 12.5. The van der Waals surface area contributed by atoms with E-state index in [0.29, 0.717) is 23.8 Å². The molecule has 0 unspecified atom stereocenters. The number of ether oxygens (including phenoxy) is 3. The molecule has 1 amide bonds. The highest BCUT2D eigenvalue weighted by Crippen LogP contribution is 2.29. The molecule has 2 aromatic carbocycles. The van der Waals surface area contributed by atoms with Crippen molar-refractivity contribution in [3.05, 3.63) is 76.4 Å². The number of rotatable bonds is 9. The molecule has 0 saturated heterocycles. The molecule has 0 aliphatic carbocycles. The van der Waals surface area contributed by atoms with E-state index in [0.717, 1.165) is 33.9 Å². The molecule has 34 heavy (non-hydrogen) atoms. The quantitative estimate of drug-likeness (QED) is 0.462. The minimum Gasteiger partial charge on any atom is -0.504 e. The Kier molecular flexibility index (Phi) is 8.08. The molecule has 0 aliphatic heterocycles. The van der Waals surface area contributed by atoms with Crippen LogP contribution < -0.4 is 19.5 Å². The summed E-state index contributed by atoms with van der Waals surface area (Å²) in [6.07, 6.45) is 3.14. The van der Waals surface area contributed by atoms with Gasteiger partial charge in [0.25, 0.3) is 0 Å². The average Bonchev–Trinajstić information content (AvgIpc) is 2.83. The van der Waals surface area contributed by atoms with Gasteiger partial charge in [-0.2, -0.15) is 0 Å². The molecule has 3 aromatic rings. The molecule has 0 bridgehead atoms. The second-order valence-electron chi connectivity index (χ2n) is 7.68. The lowest BCUT2D eigenvalue weighted by Crippen LogP contribution is -2.20. The zero-order valence-electron chi connectivity index (χ0n) is 20.0. The van der Waals surface area contributed by atoms with E-state index in [1.54, 1.807) is 37.5 Å². The van der Waals surface area contributed by atoms with Gasteiger partial charge in [-0.05, 0) is 62.2 Å². The van der Waals surface area contributed by atoms with Gasteiger partial charge >= 0.3 is 0 Å². The van der Waals surface area contributed by atoms with E-state index in [1.807, 2.05) is 26.8 Å². The molecule has 0 fully saturated rings. The maximum Gasteiger partial charge on any atom is 0.244 e. The number of phenols is 1. The van der Waals surface area contributed by atoms with E-state index in [9.17, 15) is 9.90 Å². The number of phenolic OH excluding ortho intramolecular Hbond substituents is 1. The van der Waals surface area contributed by atoms with Crippen LogP contribution in [0.25, 0.3) is 6.08 Å². The lowest BCUT2D eigenvalue weighted by molar-refractivity contribution is -0.116. The molecule has 1 heterocycles. The number of hydrogen-bond acceptors (Lipinski definition) is 7. The van der Waals surface area contributed by atoms with E-state index in [-0.39, 0.29) is 18.3 Å². The van der Waals surface area contributed by atoms with Gasteiger partial charge in [-0.25, -0.2) is 0 Å². The number of carbonyl (C=O) groups is 1. The fourth-order valence-corrected chi connectivity index (χ4v) is 3.20. The van der Waals surface area contributed by atoms with E-state index in [1.165, 1.54) is 19.3 Å². The maximum absolute atomic E-state index is 12.2. The van der Waals surface area contributed by atoms with Crippen LogP contribution in [-0.4, -0.2) is 35.2 Å². The van der Waals surface area contributed by atoms with E-state index < -0.39 is 0 Å². The Labute approximate surface area is 199 Å². The van der Waals surface area contributed by atoms with E-state index in [2.05, 4.69) is 15.3 Å². The third kappa shape index (κ3) is 6.25. The Balaban J connectivity index is 1.61. The number of nitrogens with zero attached hydrogens (tertiary/aromatic N) is 2. The number of amides is 1. The predicted octanol–water partition coefficient (Wildman–Crippen LogP) is 4.03. The Morgan fingerprint density at radius 2 is 1.68 bits per heavy atom. The van der Waals surface area contributed by atoms with Crippen LogP contribution in [0.5, 0.6) is 23.0 Å². The Morgan fingerprint density at radius 3 is 2.41 bits per heavy atom. The van der Waals surface area contributed by atoms with Crippen LogP contribution >= 0.6 is 0 Å². The highest BCUT2D eigenvalue weighted by Gasteiger charge is 2.10. The normalized spacial score (nSPS) is 10.9. The number of methoxy groups -OCH3 is 2. The predicted molar refractivity (Wildman–Crippen MR) is 129 cm³/mol. The Morgan fingerprint density at radius 1 is 0.941 bits per heavy atom. The van der Waals surface area contributed by atoms with Crippen molar-refractivity contribution >= 4 is 12.0 Å². The Hall–Kier alpha value is -4.07.